The van der Waals surface area contributed by atoms with Crippen LogP contribution in [0.25, 0.3) is 0 Å². The molecule has 0 aromatic carbocycles. The van der Waals surface area contributed by atoms with Crippen molar-refractivity contribution < 1.29 is 13.2 Å². The van der Waals surface area contributed by atoms with Gasteiger partial charge in [0.05, 0.1) is 11.4 Å². The summed E-state index contributed by atoms with van der Waals surface area (Å²) in [6.45, 7) is 1.12. The van der Waals surface area contributed by atoms with Gasteiger partial charge >= 0.3 is 0 Å². The Kier molecular flexibility index (Phi) is 6.92. The molecule has 2 fully saturated rings. The van der Waals surface area contributed by atoms with Crippen molar-refractivity contribution in [3.63, 3.8) is 0 Å². The molecular weight excluding hydrogens is 288 g/mol. The molecule has 0 aromatic heterocycles. The van der Waals surface area contributed by atoms with E-state index in [0.717, 1.165) is 57.8 Å². The average Bonchev–Trinajstić information content (AvgIpc) is 2.50. The van der Waals surface area contributed by atoms with Crippen LogP contribution in [0.5, 0.6) is 0 Å². The summed E-state index contributed by atoms with van der Waals surface area (Å²) in [6.07, 6.45) is 10.1. The van der Waals surface area contributed by atoms with Crippen molar-refractivity contribution in [3.05, 3.63) is 0 Å². The van der Waals surface area contributed by atoms with Gasteiger partial charge in [0.25, 0.3) is 0 Å². The molecule has 6 heteroatoms. The Bertz CT molecular complexity index is 386. The van der Waals surface area contributed by atoms with Crippen molar-refractivity contribution in [2.24, 2.45) is 5.73 Å². The van der Waals surface area contributed by atoms with Crippen molar-refractivity contribution >= 4 is 10.0 Å². The summed E-state index contributed by atoms with van der Waals surface area (Å²) in [5, 5.41) is -0.174. The lowest BCUT2D eigenvalue weighted by Crippen LogP contribution is -2.36. The molecule has 0 spiro atoms. The van der Waals surface area contributed by atoms with Gasteiger partial charge in [0.1, 0.15) is 0 Å². The van der Waals surface area contributed by atoms with Crippen LogP contribution in [-0.4, -0.2) is 39.0 Å². The zero-order valence-electron chi connectivity index (χ0n) is 12.9. The van der Waals surface area contributed by atoms with E-state index >= 15 is 0 Å². The number of rotatable bonds is 7. The Morgan fingerprint density at radius 2 is 1.67 bits per heavy atom. The first-order chi connectivity index (χ1) is 10.1. The fraction of sp³-hybridized carbons (Fsp3) is 1.00. The number of hydrogen-bond donors (Lipinski definition) is 2. The Morgan fingerprint density at radius 1 is 1.00 bits per heavy atom. The molecule has 21 heavy (non-hydrogen) atoms. The van der Waals surface area contributed by atoms with Crippen molar-refractivity contribution in [3.8, 4) is 0 Å². The predicted molar refractivity (Wildman–Crippen MR) is 84.6 cm³/mol. The molecule has 0 radical (unpaired) electrons. The summed E-state index contributed by atoms with van der Waals surface area (Å²) in [6, 6.07) is 0.340. The number of nitrogens with one attached hydrogen (secondary N) is 1. The molecule has 0 aromatic rings. The quantitative estimate of drug-likeness (QED) is 0.703. The maximum Gasteiger partial charge on any atom is 0.214 e. The largest absolute Gasteiger partial charge is 0.378 e. The summed E-state index contributed by atoms with van der Waals surface area (Å²) < 4.78 is 32.8. The second-order valence-electron chi connectivity index (χ2n) is 6.46. The van der Waals surface area contributed by atoms with E-state index in [1.165, 1.54) is 6.42 Å². The topological polar surface area (TPSA) is 81.4 Å². The summed E-state index contributed by atoms with van der Waals surface area (Å²) in [7, 11) is -3.12. The fourth-order valence-corrected chi connectivity index (χ4v) is 4.90. The molecule has 2 rings (SSSR count). The standard InChI is InChI=1S/C15H30N2O3S/c16-13-7-9-14(10-8-13)20-12-4-11-17-21(18,19)15-5-2-1-3-6-15/h13-15,17H,1-12,16H2. The van der Waals surface area contributed by atoms with Gasteiger partial charge in [-0.15, -0.1) is 0 Å². The smallest absolute Gasteiger partial charge is 0.214 e. The first-order valence-corrected chi connectivity index (χ1v) is 9.98. The summed E-state index contributed by atoms with van der Waals surface area (Å²) in [4.78, 5) is 0. The summed E-state index contributed by atoms with van der Waals surface area (Å²) >= 11 is 0. The average molecular weight is 318 g/mol. The van der Waals surface area contributed by atoms with Gasteiger partial charge < -0.3 is 10.5 Å². The van der Waals surface area contributed by atoms with Gasteiger partial charge in [-0.1, -0.05) is 19.3 Å². The molecule has 0 aliphatic heterocycles. The minimum absolute atomic E-state index is 0.174. The molecule has 2 aliphatic carbocycles. The number of sulfonamides is 1. The van der Waals surface area contributed by atoms with Crippen molar-refractivity contribution in [2.45, 2.75) is 81.6 Å². The maximum absolute atomic E-state index is 12.1. The van der Waals surface area contributed by atoms with Crippen LogP contribution in [0.15, 0.2) is 0 Å². The minimum Gasteiger partial charge on any atom is -0.378 e. The molecule has 0 unspecified atom stereocenters. The van der Waals surface area contributed by atoms with Gasteiger partial charge in [-0.05, 0) is 44.9 Å². The van der Waals surface area contributed by atoms with Crippen LogP contribution in [0.2, 0.25) is 0 Å². The molecule has 0 saturated heterocycles. The molecule has 3 N–H and O–H groups in total. The Morgan fingerprint density at radius 3 is 2.33 bits per heavy atom. The van der Waals surface area contributed by atoms with E-state index in [1.807, 2.05) is 0 Å². The fourth-order valence-electron chi connectivity index (χ4n) is 3.29. The SMILES string of the molecule is NC1CCC(OCCCNS(=O)(=O)C2CCCCC2)CC1. The number of ether oxygens (including phenoxy) is 1. The molecule has 2 saturated carbocycles. The third-order valence-corrected chi connectivity index (χ3v) is 6.64. The number of nitrogens with two attached hydrogens (primary N) is 1. The molecule has 0 bridgehead atoms. The highest BCUT2D eigenvalue weighted by Gasteiger charge is 2.26. The van der Waals surface area contributed by atoms with E-state index in [0.29, 0.717) is 25.3 Å². The van der Waals surface area contributed by atoms with Crippen LogP contribution in [0.3, 0.4) is 0 Å². The molecule has 5 nitrogen and oxygen atoms in total. The van der Waals surface area contributed by atoms with Crippen LogP contribution in [-0.2, 0) is 14.8 Å². The normalized spacial score (nSPS) is 28.6. The molecule has 0 amide bonds. The Hall–Kier alpha value is -0.170. The van der Waals surface area contributed by atoms with E-state index in [2.05, 4.69) is 4.72 Å². The monoisotopic (exact) mass is 318 g/mol. The highest BCUT2D eigenvalue weighted by Crippen LogP contribution is 2.23. The highest BCUT2D eigenvalue weighted by molar-refractivity contribution is 7.90. The van der Waals surface area contributed by atoms with Crippen molar-refractivity contribution in [1.29, 1.82) is 0 Å². The van der Waals surface area contributed by atoms with E-state index in [9.17, 15) is 8.42 Å². The van der Waals surface area contributed by atoms with Gasteiger partial charge in [-0.25, -0.2) is 13.1 Å². The molecule has 124 valence electrons. The van der Waals surface area contributed by atoms with Gasteiger partial charge in [-0.3, -0.25) is 0 Å². The lowest BCUT2D eigenvalue weighted by molar-refractivity contribution is 0.0245. The van der Waals surface area contributed by atoms with Gasteiger partial charge in [0.2, 0.25) is 10.0 Å². The van der Waals surface area contributed by atoms with Crippen LogP contribution < -0.4 is 10.5 Å². The summed E-state index contributed by atoms with van der Waals surface area (Å²) in [5.74, 6) is 0. The van der Waals surface area contributed by atoms with Crippen LogP contribution >= 0.6 is 0 Å². The van der Waals surface area contributed by atoms with Crippen molar-refractivity contribution in [1.82, 2.24) is 4.72 Å². The lowest BCUT2D eigenvalue weighted by Gasteiger charge is -2.26. The first-order valence-electron chi connectivity index (χ1n) is 8.43. The zero-order chi connectivity index (χ0) is 15.1. The van der Waals surface area contributed by atoms with Gasteiger partial charge in [0.15, 0.2) is 0 Å². The zero-order valence-corrected chi connectivity index (χ0v) is 13.7. The van der Waals surface area contributed by atoms with E-state index < -0.39 is 10.0 Å². The third kappa shape index (κ3) is 5.85. The third-order valence-electron chi connectivity index (χ3n) is 4.69. The Balaban J connectivity index is 1.56. The van der Waals surface area contributed by atoms with E-state index in [4.69, 9.17) is 10.5 Å². The maximum atomic E-state index is 12.1. The lowest BCUT2D eigenvalue weighted by atomic mass is 9.94. The van der Waals surface area contributed by atoms with Crippen molar-refractivity contribution in [2.75, 3.05) is 13.2 Å². The Labute approximate surface area is 129 Å². The van der Waals surface area contributed by atoms with E-state index in [1.54, 1.807) is 0 Å². The first kappa shape index (κ1) is 17.2. The molecular formula is C15H30N2O3S. The second-order valence-corrected chi connectivity index (χ2v) is 8.51. The molecule has 0 heterocycles. The van der Waals surface area contributed by atoms with E-state index in [-0.39, 0.29) is 5.25 Å². The number of hydrogen-bond acceptors (Lipinski definition) is 4. The van der Waals surface area contributed by atoms with Crippen LogP contribution in [0.1, 0.15) is 64.2 Å². The second kappa shape index (κ2) is 8.46. The summed E-state index contributed by atoms with van der Waals surface area (Å²) in [5.41, 5.74) is 5.86. The molecule has 0 atom stereocenters. The van der Waals surface area contributed by atoms with Crippen LogP contribution in [0, 0.1) is 0 Å². The molecule has 2 aliphatic rings. The minimum atomic E-state index is -3.12. The van der Waals surface area contributed by atoms with Gasteiger partial charge in [0, 0.05) is 19.2 Å². The van der Waals surface area contributed by atoms with Crippen LogP contribution in [0.4, 0.5) is 0 Å². The highest BCUT2D eigenvalue weighted by atomic mass is 32.2. The van der Waals surface area contributed by atoms with Gasteiger partial charge in [-0.2, -0.15) is 0 Å². The predicted octanol–water partition coefficient (Wildman–Crippen LogP) is 1.92.